The van der Waals surface area contributed by atoms with E-state index in [1.54, 1.807) is 37.4 Å². The van der Waals surface area contributed by atoms with Crippen molar-refractivity contribution in [3.05, 3.63) is 78.4 Å². The fraction of sp³-hybridized carbons (Fsp3) is 0.250. The van der Waals surface area contributed by atoms with Gasteiger partial charge in [0, 0.05) is 30.0 Å². The summed E-state index contributed by atoms with van der Waals surface area (Å²) in [6.07, 6.45) is -4.52. The standard InChI is InChI=1S/C28H26F3N5O3S/c1-38-24-11-5-19(6-12-24)26-33-34-27(36(26)23-4-2-3-20(17-23)28(29,30)31)40-18-25(37)32-21-7-9-22(10-8-21)35-13-15-39-16-14-35/h2-12,17H,13-16,18H2,1H3,(H,32,37). The van der Waals surface area contributed by atoms with E-state index in [-0.39, 0.29) is 22.5 Å². The van der Waals surface area contributed by atoms with Crippen LogP contribution in [0.3, 0.4) is 0 Å². The molecule has 8 nitrogen and oxygen atoms in total. The number of hydrogen-bond acceptors (Lipinski definition) is 7. The van der Waals surface area contributed by atoms with E-state index in [4.69, 9.17) is 9.47 Å². The Bertz CT molecular complexity index is 1450. The second kappa shape index (κ2) is 12.0. The SMILES string of the molecule is COc1ccc(-c2nnc(SCC(=O)Nc3ccc(N4CCOCC4)cc3)n2-c2cccc(C(F)(F)F)c2)cc1. The maximum atomic E-state index is 13.5. The van der Waals surface area contributed by atoms with E-state index in [0.29, 0.717) is 36.0 Å². The van der Waals surface area contributed by atoms with Gasteiger partial charge in [-0.15, -0.1) is 10.2 Å². The van der Waals surface area contributed by atoms with Crippen LogP contribution in [0.1, 0.15) is 5.56 Å². The molecule has 2 heterocycles. The Morgan fingerprint density at radius 2 is 1.73 bits per heavy atom. The second-order valence-electron chi connectivity index (χ2n) is 8.90. The third-order valence-electron chi connectivity index (χ3n) is 6.27. The first-order valence-corrected chi connectivity index (χ1v) is 13.4. The molecular weight excluding hydrogens is 543 g/mol. The van der Waals surface area contributed by atoms with Gasteiger partial charge in [-0.3, -0.25) is 9.36 Å². The average molecular weight is 570 g/mol. The highest BCUT2D eigenvalue weighted by Crippen LogP contribution is 2.34. The number of halogens is 3. The zero-order chi connectivity index (χ0) is 28.1. The van der Waals surface area contributed by atoms with Crippen LogP contribution < -0.4 is 15.0 Å². The summed E-state index contributed by atoms with van der Waals surface area (Å²) in [6, 6.07) is 19.4. The number of methoxy groups -OCH3 is 1. The van der Waals surface area contributed by atoms with Gasteiger partial charge in [0.2, 0.25) is 5.91 Å². The van der Waals surface area contributed by atoms with E-state index in [1.165, 1.54) is 10.6 Å². The summed E-state index contributed by atoms with van der Waals surface area (Å²) < 4.78 is 52.6. The van der Waals surface area contributed by atoms with Crippen molar-refractivity contribution in [2.24, 2.45) is 0 Å². The van der Waals surface area contributed by atoms with Crippen LogP contribution in [0.15, 0.2) is 78.0 Å². The lowest BCUT2D eigenvalue weighted by molar-refractivity contribution is -0.137. The normalized spacial score (nSPS) is 13.8. The number of anilines is 2. The lowest BCUT2D eigenvalue weighted by Gasteiger charge is -2.28. The third kappa shape index (κ3) is 6.40. The quantitative estimate of drug-likeness (QED) is 0.280. The number of hydrogen-bond donors (Lipinski definition) is 1. The molecule has 0 bridgehead atoms. The minimum Gasteiger partial charge on any atom is -0.497 e. The van der Waals surface area contributed by atoms with Gasteiger partial charge in [-0.1, -0.05) is 17.8 Å². The van der Waals surface area contributed by atoms with E-state index in [2.05, 4.69) is 20.4 Å². The first-order valence-electron chi connectivity index (χ1n) is 12.4. The molecule has 1 aliphatic heterocycles. The van der Waals surface area contributed by atoms with E-state index in [0.717, 1.165) is 42.7 Å². The predicted octanol–water partition coefficient (Wildman–Crippen LogP) is 5.53. The third-order valence-corrected chi connectivity index (χ3v) is 7.20. The number of nitrogens with zero attached hydrogens (tertiary/aromatic N) is 4. The number of rotatable bonds is 8. The summed E-state index contributed by atoms with van der Waals surface area (Å²) in [5.41, 5.74) is 1.75. The van der Waals surface area contributed by atoms with Crippen LogP contribution in [0.5, 0.6) is 5.75 Å². The second-order valence-corrected chi connectivity index (χ2v) is 9.84. The molecule has 1 fully saturated rings. The number of carbonyl (C=O) groups is 1. The lowest BCUT2D eigenvalue weighted by atomic mass is 10.1. The van der Waals surface area contributed by atoms with Crippen molar-refractivity contribution < 1.29 is 27.4 Å². The van der Waals surface area contributed by atoms with Gasteiger partial charge in [-0.25, -0.2) is 0 Å². The fourth-order valence-electron chi connectivity index (χ4n) is 4.25. The van der Waals surface area contributed by atoms with Gasteiger partial charge in [0.25, 0.3) is 0 Å². The Labute approximate surface area is 233 Å². The predicted molar refractivity (Wildman–Crippen MR) is 147 cm³/mol. The topological polar surface area (TPSA) is 81.5 Å². The molecule has 5 rings (SSSR count). The molecule has 3 aromatic carbocycles. The van der Waals surface area contributed by atoms with Crippen molar-refractivity contribution in [3.63, 3.8) is 0 Å². The van der Waals surface area contributed by atoms with Gasteiger partial charge in [0.05, 0.1) is 37.3 Å². The highest BCUT2D eigenvalue weighted by molar-refractivity contribution is 7.99. The maximum Gasteiger partial charge on any atom is 0.416 e. The van der Waals surface area contributed by atoms with Gasteiger partial charge in [-0.2, -0.15) is 13.2 Å². The number of amides is 1. The number of nitrogens with one attached hydrogen (secondary N) is 1. The molecule has 0 saturated carbocycles. The van der Waals surface area contributed by atoms with Gasteiger partial charge in [0.1, 0.15) is 5.75 Å². The molecule has 1 amide bonds. The Morgan fingerprint density at radius 3 is 2.40 bits per heavy atom. The number of ether oxygens (including phenoxy) is 2. The van der Waals surface area contributed by atoms with Crippen molar-refractivity contribution in [3.8, 4) is 22.8 Å². The minimum atomic E-state index is -4.52. The summed E-state index contributed by atoms with van der Waals surface area (Å²) in [7, 11) is 1.54. The van der Waals surface area contributed by atoms with Crippen LogP contribution in [-0.2, 0) is 15.7 Å². The lowest BCUT2D eigenvalue weighted by Crippen LogP contribution is -2.36. The van der Waals surface area contributed by atoms with E-state index in [9.17, 15) is 18.0 Å². The van der Waals surface area contributed by atoms with Crippen molar-refractivity contribution >= 4 is 29.0 Å². The average Bonchev–Trinajstić information content (AvgIpc) is 3.41. The Hall–Kier alpha value is -4.03. The first kappa shape index (κ1) is 27.5. The van der Waals surface area contributed by atoms with Gasteiger partial charge in [0.15, 0.2) is 11.0 Å². The molecule has 40 heavy (non-hydrogen) atoms. The number of aromatic nitrogens is 3. The van der Waals surface area contributed by atoms with Gasteiger partial charge in [-0.05, 0) is 66.7 Å². The molecule has 12 heteroatoms. The summed E-state index contributed by atoms with van der Waals surface area (Å²) >= 11 is 1.08. The van der Waals surface area contributed by atoms with Crippen LogP contribution in [0.2, 0.25) is 0 Å². The highest BCUT2D eigenvalue weighted by Gasteiger charge is 2.31. The molecule has 208 valence electrons. The molecule has 1 aromatic heterocycles. The van der Waals surface area contributed by atoms with Crippen LogP contribution in [0.4, 0.5) is 24.5 Å². The maximum absolute atomic E-state index is 13.5. The summed E-state index contributed by atoms with van der Waals surface area (Å²) in [4.78, 5) is 15.0. The Kier molecular flexibility index (Phi) is 8.27. The van der Waals surface area contributed by atoms with Crippen LogP contribution in [-0.4, -0.2) is 59.8 Å². The number of thioether (sulfide) groups is 1. The van der Waals surface area contributed by atoms with Crippen molar-refractivity contribution in [2.75, 3.05) is 49.4 Å². The van der Waals surface area contributed by atoms with Crippen molar-refractivity contribution in [2.45, 2.75) is 11.3 Å². The molecule has 1 aliphatic rings. The Morgan fingerprint density at radius 1 is 1.00 bits per heavy atom. The smallest absolute Gasteiger partial charge is 0.416 e. The summed E-state index contributed by atoms with van der Waals surface area (Å²) in [6.45, 7) is 2.99. The molecule has 0 spiro atoms. The van der Waals surface area contributed by atoms with E-state index in [1.807, 2.05) is 24.3 Å². The minimum absolute atomic E-state index is 0.0229. The largest absolute Gasteiger partial charge is 0.497 e. The fourth-order valence-corrected chi connectivity index (χ4v) is 5.00. The molecule has 1 saturated heterocycles. The molecule has 0 atom stereocenters. The van der Waals surface area contributed by atoms with Crippen LogP contribution in [0, 0.1) is 0 Å². The molecule has 0 unspecified atom stereocenters. The zero-order valence-electron chi connectivity index (χ0n) is 21.5. The van der Waals surface area contributed by atoms with Crippen molar-refractivity contribution in [1.82, 2.24) is 14.8 Å². The molecule has 0 radical (unpaired) electrons. The number of carbonyl (C=O) groups excluding carboxylic acids is 1. The molecule has 0 aliphatic carbocycles. The van der Waals surface area contributed by atoms with Crippen LogP contribution >= 0.6 is 11.8 Å². The summed E-state index contributed by atoms with van der Waals surface area (Å²) in [5.74, 6) is 0.653. The number of alkyl halides is 3. The Balaban J connectivity index is 1.35. The molecule has 4 aromatic rings. The van der Waals surface area contributed by atoms with E-state index < -0.39 is 11.7 Å². The van der Waals surface area contributed by atoms with Crippen molar-refractivity contribution in [1.29, 1.82) is 0 Å². The number of benzene rings is 3. The zero-order valence-corrected chi connectivity index (χ0v) is 22.3. The monoisotopic (exact) mass is 569 g/mol. The van der Waals surface area contributed by atoms with Crippen LogP contribution in [0.25, 0.3) is 17.1 Å². The first-order chi connectivity index (χ1) is 19.3. The highest BCUT2D eigenvalue weighted by atomic mass is 32.2. The molecule has 1 N–H and O–H groups in total. The van der Waals surface area contributed by atoms with E-state index >= 15 is 0 Å². The molecular formula is C28H26F3N5O3S. The van der Waals surface area contributed by atoms with Gasteiger partial charge < -0.3 is 19.7 Å². The number of morpholine rings is 1. The van der Waals surface area contributed by atoms with Gasteiger partial charge >= 0.3 is 6.18 Å². The summed E-state index contributed by atoms with van der Waals surface area (Å²) in [5, 5.41) is 11.6.